The molecule has 0 aromatic heterocycles. The Hall–Kier alpha value is -1.40. The first-order valence-electron chi connectivity index (χ1n) is 5.08. The molecule has 0 fully saturated rings. The minimum atomic E-state index is -2.86. The van der Waals surface area contributed by atoms with Crippen molar-refractivity contribution >= 4 is 35.1 Å². The van der Waals surface area contributed by atoms with Crippen LogP contribution < -0.4 is 5.32 Å². The Morgan fingerprint density at radius 1 is 1.26 bits per heavy atom. The minimum Gasteiger partial charge on any atom is -0.480 e. The van der Waals surface area contributed by atoms with Crippen molar-refractivity contribution in [2.24, 2.45) is 0 Å². The van der Waals surface area contributed by atoms with Crippen LogP contribution in [-0.4, -0.2) is 29.5 Å². The van der Waals surface area contributed by atoms with Crippen molar-refractivity contribution in [2.75, 3.05) is 0 Å². The Labute approximate surface area is 117 Å². The number of rotatable bonds is 5. The number of hydrogen-bond donors (Lipinski definition) is 2. The zero-order valence-electron chi connectivity index (χ0n) is 9.37. The Morgan fingerprint density at radius 3 is 2.21 bits per heavy atom. The molecule has 1 amide bonds. The van der Waals surface area contributed by atoms with E-state index in [4.69, 9.17) is 28.3 Å². The van der Waals surface area contributed by atoms with E-state index in [1.165, 1.54) is 18.2 Å². The number of hydrogen-bond acceptors (Lipinski definition) is 2. The number of benzene rings is 1. The number of carbonyl (C=O) groups excluding carboxylic acids is 1. The average molecular weight is 312 g/mol. The van der Waals surface area contributed by atoms with E-state index in [1.54, 1.807) is 0 Å². The molecule has 2 N–H and O–H groups in total. The molecule has 104 valence electrons. The van der Waals surface area contributed by atoms with Crippen LogP contribution in [0, 0.1) is 0 Å². The molecule has 1 rings (SSSR count). The molecule has 0 aliphatic heterocycles. The third kappa shape index (κ3) is 4.33. The van der Waals surface area contributed by atoms with Crippen molar-refractivity contribution in [3.63, 3.8) is 0 Å². The Kier molecular flexibility index (Phi) is 5.50. The topological polar surface area (TPSA) is 66.4 Å². The van der Waals surface area contributed by atoms with Crippen molar-refractivity contribution in [1.29, 1.82) is 0 Å². The summed E-state index contributed by atoms with van der Waals surface area (Å²) in [6.07, 6.45) is -3.86. The zero-order chi connectivity index (χ0) is 14.6. The summed E-state index contributed by atoms with van der Waals surface area (Å²) in [5.41, 5.74) is -0.147. The van der Waals surface area contributed by atoms with Gasteiger partial charge in [0.05, 0.1) is 15.6 Å². The highest BCUT2D eigenvalue weighted by Crippen LogP contribution is 2.24. The molecule has 8 heteroatoms. The van der Waals surface area contributed by atoms with E-state index in [1.807, 2.05) is 5.32 Å². The van der Waals surface area contributed by atoms with E-state index in [2.05, 4.69) is 0 Å². The fraction of sp³-hybridized carbons (Fsp3) is 0.273. The highest BCUT2D eigenvalue weighted by molar-refractivity contribution is 6.39. The van der Waals surface area contributed by atoms with Gasteiger partial charge in [0.2, 0.25) is 6.43 Å². The lowest BCUT2D eigenvalue weighted by molar-refractivity contribution is -0.140. The van der Waals surface area contributed by atoms with E-state index in [9.17, 15) is 18.4 Å². The summed E-state index contributed by atoms with van der Waals surface area (Å²) in [6.45, 7) is 0. The van der Waals surface area contributed by atoms with Crippen LogP contribution in [0.15, 0.2) is 18.2 Å². The van der Waals surface area contributed by atoms with Crippen LogP contribution in [0.25, 0.3) is 0 Å². The first kappa shape index (κ1) is 15.7. The smallest absolute Gasteiger partial charge is 0.326 e. The fourth-order valence-electron chi connectivity index (χ4n) is 1.34. The molecular weight excluding hydrogens is 303 g/mol. The monoisotopic (exact) mass is 311 g/mol. The van der Waals surface area contributed by atoms with Gasteiger partial charge in [-0.25, -0.2) is 13.6 Å². The maximum Gasteiger partial charge on any atom is 0.326 e. The third-order valence-corrected chi connectivity index (χ3v) is 2.84. The van der Waals surface area contributed by atoms with Gasteiger partial charge in [0.15, 0.2) is 0 Å². The molecule has 0 saturated carbocycles. The number of carboxylic acids is 1. The van der Waals surface area contributed by atoms with Crippen molar-refractivity contribution in [2.45, 2.75) is 18.9 Å². The molecule has 0 bridgehead atoms. The fourth-order valence-corrected chi connectivity index (χ4v) is 1.91. The summed E-state index contributed by atoms with van der Waals surface area (Å²) in [5, 5.41) is 10.7. The largest absolute Gasteiger partial charge is 0.480 e. The van der Waals surface area contributed by atoms with E-state index in [0.29, 0.717) is 0 Å². The lowest BCUT2D eigenvalue weighted by atomic mass is 10.1. The summed E-state index contributed by atoms with van der Waals surface area (Å²) in [4.78, 5) is 22.6. The van der Waals surface area contributed by atoms with Gasteiger partial charge in [0.1, 0.15) is 6.04 Å². The second-order valence-electron chi connectivity index (χ2n) is 3.59. The summed E-state index contributed by atoms with van der Waals surface area (Å²) in [5.74, 6) is -2.47. The van der Waals surface area contributed by atoms with Crippen LogP contribution in [0.4, 0.5) is 8.78 Å². The summed E-state index contributed by atoms with van der Waals surface area (Å²) < 4.78 is 24.4. The summed E-state index contributed by atoms with van der Waals surface area (Å²) in [7, 11) is 0. The first-order chi connectivity index (χ1) is 8.82. The lowest BCUT2D eigenvalue weighted by Crippen LogP contribution is -2.42. The molecule has 0 radical (unpaired) electrons. The van der Waals surface area contributed by atoms with Gasteiger partial charge >= 0.3 is 5.97 Å². The molecule has 1 atom stereocenters. The van der Waals surface area contributed by atoms with Crippen LogP contribution in [0.3, 0.4) is 0 Å². The molecule has 0 spiro atoms. The van der Waals surface area contributed by atoms with E-state index in [-0.39, 0.29) is 15.6 Å². The van der Waals surface area contributed by atoms with E-state index < -0.39 is 30.8 Å². The van der Waals surface area contributed by atoms with Crippen LogP contribution in [-0.2, 0) is 4.79 Å². The summed E-state index contributed by atoms with van der Waals surface area (Å²) >= 11 is 11.5. The number of halogens is 4. The second kappa shape index (κ2) is 6.68. The van der Waals surface area contributed by atoms with E-state index >= 15 is 0 Å². The molecule has 1 aromatic rings. The SMILES string of the molecule is O=C(NC(CC(F)F)C(=O)O)c1c(Cl)cccc1Cl. The number of nitrogens with one attached hydrogen (secondary N) is 1. The van der Waals surface area contributed by atoms with Crippen LogP contribution >= 0.6 is 23.2 Å². The number of carboxylic acid groups (broad SMARTS) is 1. The Balaban J connectivity index is 2.91. The van der Waals surface area contributed by atoms with Gasteiger partial charge in [-0.2, -0.15) is 0 Å². The van der Waals surface area contributed by atoms with Gasteiger partial charge in [0.25, 0.3) is 5.91 Å². The minimum absolute atomic E-state index is 0.00573. The van der Waals surface area contributed by atoms with Crippen molar-refractivity contribution in [3.05, 3.63) is 33.8 Å². The molecular formula is C11H9Cl2F2NO3. The van der Waals surface area contributed by atoms with Crippen LogP contribution in [0.5, 0.6) is 0 Å². The zero-order valence-corrected chi connectivity index (χ0v) is 10.9. The predicted octanol–water partition coefficient (Wildman–Crippen LogP) is 2.83. The number of amides is 1. The number of aliphatic carboxylic acids is 1. The van der Waals surface area contributed by atoms with Gasteiger partial charge in [-0.3, -0.25) is 4.79 Å². The molecule has 1 unspecified atom stereocenters. The molecule has 4 nitrogen and oxygen atoms in total. The molecule has 19 heavy (non-hydrogen) atoms. The van der Waals surface area contributed by atoms with Gasteiger partial charge in [-0.15, -0.1) is 0 Å². The number of alkyl halides is 2. The third-order valence-electron chi connectivity index (χ3n) is 2.21. The molecule has 0 aliphatic rings. The van der Waals surface area contributed by atoms with Crippen molar-refractivity contribution in [3.8, 4) is 0 Å². The molecule has 0 heterocycles. The van der Waals surface area contributed by atoms with Crippen molar-refractivity contribution in [1.82, 2.24) is 5.32 Å². The van der Waals surface area contributed by atoms with Gasteiger partial charge in [-0.1, -0.05) is 29.3 Å². The molecule has 0 aliphatic carbocycles. The van der Waals surface area contributed by atoms with Crippen LogP contribution in [0.2, 0.25) is 10.0 Å². The van der Waals surface area contributed by atoms with Crippen LogP contribution in [0.1, 0.15) is 16.8 Å². The quantitative estimate of drug-likeness (QED) is 0.878. The first-order valence-corrected chi connectivity index (χ1v) is 5.84. The second-order valence-corrected chi connectivity index (χ2v) is 4.40. The van der Waals surface area contributed by atoms with Gasteiger partial charge < -0.3 is 10.4 Å². The van der Waals surface area contributed by atoms with Gasteiger partial charge in [0, 0.05) is 6.42 Å². The van der Waals surface area contributed by atoms with E-state index in [0.717, 1.165) is 0 Å². The predicted molar refractivity (Wildman–Crippen MR) is 66.0 cm³/mol. The maximum atomic E-state index is 12.2. The molecule has 1 aromatic carbocycles. The Bertz CT molecular complexity index is 477. The lowest BCUT2D eigenvalue weighted by Gasteiger charge is -2.15. The van der Waals surface area contributed by atoms with Crippen molar-refractivity contribution < 1.29 is 23.5 Å². The number of carbonyl (C=O) groups is 2. The average Bonchev–Trinajstić information content (AvgIpc) is 2.27. The maximum absolute atomic E-state index is 12.2. The normalized spacial score (nSPS) is 12.3. The standard InChI is InChI=1S/C11H9Cl2F2NO3/c12-5-2-1-3-6(13)9(5)10(17)16-7(11(18)19)4-8(14)15/h1-3,7-8H,4H2,(H,16,17)(H,18,19). The molecule has 0 saturated heterocycles. The highest BCUT2D eigenvalue weighted by atomic mass is 35.5. The highest BCUT2D eigenvalue weighted by Gasteiger charge is 2.26. The Morgan fingerprint density at radius 2 is 1.79 bits per heavy atom. The summed E-state index contributed by atoms with van der Waals surface area (Å²) in [6, 6.07) is 2.55. The van der Waals surface area contributed by atoms with Gasteiger partial charge in [-0.05, 0) is 12.1 Å².